The lowest BCUT2D eigenvalue weighted by Crippen LogP contribution is -2.23. The highest BCUT2D eigenvalue weighted by atomic mass is 19.1. The van der Waals surface area contributed by atoms with Gasteiger partial charge in [-0.25, -0.2) is 13.6 Å². The highest BCUT2D eigenvalue weighted by molar-refractivity contribution is 5.93. The van der Waals surface area contributed by atoms with Gasteiger partial charge in [-0.1, -0.05) is 31.1 Å². The highest BCUT2D eigenvalue weighted by Crippen LogP contribution is 2.30. The minimum Gasteiger partial charge on any atom is -0.423 e. The fourth-order valence-corrected chi connectivity index (χ4v) is 3.43. The average molecular weight is 441 g/mol. The minimum absolute atomic E-state index is 0.0232. The van der Waals surface area contributed by atoms with E-state index in [1.54, 1.807) is 13.8 Å². The van der Waals surface area contributed by atoms with Gasteiger partial charge in [-0.05, 0) is 48.2 Å². The summed E-state index contributed by atoms with van der Waals surface area (Å²) in [5, 5.41) is 21.4. The summed E-state index contributed by atoms with van der Waals surface area (Å²) in [5.74, 6) is -0.874. The van der Waals surface area contributed by atoms with Crippen molar-refractivity contribution in [2.75, 3.05) is 5.32 Å². The van der Waals surface area contributed by atoms with E-state index in [2.05, 4.69) is 15.5 Å². The van der Waals surface area contributed by atoms with Crippen molar-refractivity contribution in [1.29, 1.82) is 0 Å². The van der Waals surface area contributed by atoms with Gasteiger partial charge in [-0.3, -0.25) is 0 Å². The summed E-state index contributed by atoms with van der Waals surface area (Å²) in [6, 6.07) is 9.51. The van der Waals surface area contributed by atoms with E-state index < -0.39 is 22.9 Å². The number of hydrogen-bond donors (Lipinski definition) is 2. The van der Waals surface area contributed by atoms with Gasteiger partial charge in [0, 0.05) is 23.6 Å². The molecule has 32 heavy (non-hydrogen) atoms. The fourth-order valence-electron chi connectivity index (χ4n) is 3.43. The van der Waals surface area contributed by atoms with Crippen molar-refractivity contribution >= 4 is 17.0 Å². The maximum Gasteiger partial charge on any atom is 0.336 e. The summed E-state index contributed by atoms with van der Waals surface area (Å²) >= 11 is 0. The Balaban J connectivity index is 1.64. The van der Waals surface area contributed by atoms with Crippen molar-refractivity contribution in [2.45, 2.75) is 38.8 Å². The summed E-state index contributed by atoms with van der Waals surface area (Å²) in [5.41, 5.74) is -0.434. The number of benzene rings is 2. The monoisotopic (exact) mass is 441 g/mol. The Morgan fingerprint density at radius 3 is 2.44 bits per heavy atom. The normalized spacial score (nSPS) is 11.8. The van der Waals surface area contributed by atoms with Gasteiger partial charge in [0.25, 0.3) is 0 Å². The molecular weight excluding hydrogens is 420 g/mol. The first-order chi connectivity index (χ1) is 15.3. The molecule has 0 aliphatic rings. The number of nitrogens with one attached hydrogen (secondary N) is 1. The van der Waals surface area contributed by atoms with Crippen LogP contribution in [-0.2, 0) is 12.1 Å². The van der Waals surface area contributed by atoms with Gasteiger partial charge in [-0.15, -0.1) is 5.10 Å². The lowest BCUT2D eigenvalue weighted by atomic mass is 9.98. The van der Waals surface area contributed by atoms with E-state index in [0.717, 1.165) is 0 Å². The number of nitrogens with zero attached hydrogens (tertiary/aromatic N) is 2. The number of anilines is 1. The largest absolute Gasteiger partial charge is 0.423 e. The third kappa shape index (κ3) is 4.11. The molecule has 166 valence electrons. The molecule has 0 atom stereocenters. The molecule has 2 aromatic heterocycles. The molecule has 0 aliphatic heterocycles. The van der Waals surface area contributed by atoms with Gasteiger partial charge in [0.2, 0.25) is 5.89 Å². The maximum atomic E-state index is 14.9. The van der Waals surface area contributed by atoms with Crippen LogP contribution in [0, 0.1) is 11.6 Å². The van der Waals surface area contributed by atoms with Crippen LogP contribution in [0.25, 0.3) is 22.1 Å². The Hall–Kier alpha value is -3.59. The molecule has 0 spiro atoms. The quantitative estimate of drug-likeness (QED) is 0.400. The van der Waals surface area contributed by atoms with Gasteiger partial charge >= 0.3 is 11.6 Å². The molecule has 2 N–H and O–H groups in total. The predicted molar refractivity (Wildman–Crippen MR) is 114 cm³/mol. The zero-order valence-electron chi connectivity index (χ0n) is 17.5. The molecule has 0 bridgehead atoms. The van der Waals surface area contributed by atoms with Gasteiger partial charge in [-0.2, -0.15) is 0 Å². The first kappa shape index (κ1) is 21.6. The van der Waals surface area contributed by atoms with E-state index in [4.69, 9.17) is 8.83 Å². The van der Waals surface area contributed by atoms with Gasteiger partial charge in [0.1, 0.15) is 22.8 Å². The molecule has 9 heteroatoms. The zero-order chi connectivity index (χ0) is 22.9. The first-order valence-corrected chi connectivity index (χ1v) is 10.2. The Morgan fingerprint density at radius 2 is 1.75 bits per heavy atom. The SMILES string of the molecule is CCC(O)(CC)c1nnc(NCc2cc3oc(=O)cc(-c4ccc(F)cc4)c3cc2F)o1. The van der Waals surface area contributed by atoms with E-state index in [1.165, 1.54) is 42.5 Å². The van der Waals surface area contributed by atoms with Crippen molar-refractivity contribution in [3.8, 4) is 11.1 Å². The van der Waals surface area contributed by atoms with Crippen molar-refractivity contribution in [3.05, 3.63) is 76.0 Å². The van der Waals surface area contributed by atoms with E-state index in [-0.39, 0.29) is 29.6 Å². The molecule has 0 saturated heterocycles. The molecule has 0 saturated carbocycles. The average Bonchev–Trinajstić information content (AvgIpc) is 3.27. The molecule has 0 aliphatic carbocycles. The van der Waals surface area contributed by atoms with Crippen LogP contribution in [0.3, 0.4) is 0 Å². The second-order valence-electron chi connectivity index (χ2n) is 7.43. The zero-order valence-corrected chi connectivity index (χ0v) is 17.5. The second kappa shape index (κ2) is 8.51. The van der Waals surface area contributed by atoms with Gasteiger partial charge in [0.05, 0.1) is 0 Å². The fraction of sp³-hybridized carbons (Fsp3) is 0.261. The molecule has 4 rings (SSSR count). The maximum absolute atomic E-state index is 14.9. The molecule has 7 nitrogen and oxygen atoms in total. The van der Waals surface area contributed by atoms with E-state index in [9.17, 15) is 18.7 Å². The molecule has 0 amide bonds. The third-order valence-electron chi connectivity index (χ3n) is 5.49. The van der Waals surface area contributed by atoms with Gasteiger partial charge < -0.3 is 19.3 Å². The molecule has 0 unspecified atom stereocenters. The van der Waals surface area contributed by atoms with Crippen LogP contribution >= 0.6 is 0 Å². The van der Waals surface area contributed by atoms with Crippen molar-refractivity contribution in [3.63, 3.8) is 0 Å². The van der Waals surface area contributed by atoms with E-state index >= 15 is 0 Å². The number of aromatic nitrogens is 2. The number of aliphatic hydroxyl groups is 1. The molecular formula is C23H21F2N3O4. The van der Waals surface area contributed by atoms with E-state index in [0.29, 0.717) is 29.4 Å². The third-order valence-corrected chi connectivity index (χ3v) is 5.49. The molecule has 0 radical (unpaired) electrons. The summed E-state index contributed by atoms with van der Waals surface area (Å²) in [7, 11) is 0. The number of halogens is 2. The lowest BCUT2D eigenvalue weighted by molar-refractivity contribution is 0.00206. The van der Waals surface area contributed by atoms with Gasteiger partial charge in [0.15, 0.2) is 0 Å². The summed E-state index contributed by atoms with van der Waals surface area (Å²) in [4.78, 5) is 12.1. The van der Waals surface area contributed by atoms with Crippen LogP contribution in [-0.4, -0.2) is 15.3 Å². The Bertz CT molecular complexity index is 1310. The van der Waals surface area contributed by atoms with Crippen molar-refractivity contribution in [2.24, 2.45) is 0 Å². The Labute approximate surface area is 181 Å². The van der Waals surface area contributed by atoms with Crippen LogP contribution in [0.4, 0.5) is 14.8 Å². The predicted octanol–water partition coefficient (Wildman–Crippen LogP) is 4.74. The smallest absolute Gasteiger partial charge is 0.336 e. The molecule has 2 heterocycles. The number of rotatable bonds is 7. The van der Waals surface area contributed by atoms with Crippen molar-refractivity contribution < 1.29 is 22.7 Å². The summed E-state index contributed by atoms with van der Waals surface area (Å²) in [6.45, 7) is 3.59. The van der Waals surface area contributed by atoms with Crippen LogP contribution in [0.5, 0.6) is 0 Å². The first-order valence-electron chi connectivity index (χ1n) is 10.2. The standard InChI is InChI=1S/C23H21F2N3O4/c1-3-23(30,4-2)21-27-28-22(32-21)26-12-14-9-19-17(10-18(14)25)16(11-20(29)31-19)13-5-7-15(24)8-6-13/h5-11,30H,3-4,12H2,1-2H3,(H,26,28). The molecule has 0 fully saturated rings. The highest BCUT2D eigenvalue weighted by Gasteiger charge is 2.31. The lowest BCUT2D eigenvalue weighted by Gasteiger charge is -2.19. The Morgan fingerprint density at radius 1 is 1.03 bits per heavy atom. The molecule has 4 aromatic rings. The molecule has 2 aromatic carbocycles. The topological polar surface area (TPSA) is 101 Å². The summed E-state index contributed by atoms with van der Waals surface area (Å²) < 4.78 is 38.9. The van der Waals surface area contributed by atoms with Crippen LogP contribution in [0.15, 0.2) is 56.1 Å². The van der Waals surface area contributed by atoms with Crippen molar-refractivity contribution in [1.82, 2.24) is 10.2 Å². The number of fused-ring (bicyclic) bond motifs is 1. The Kier molecular flexibility index (Phi) is 5.75. The van der Waals surface area contributed by atoms with Crippen LogP contribution < -0.4 is 10.9 Å². The number of hydrogen-bond acceptors (Lipinski definition) is 7. The van der Waals surface area contributed by atoms with E-state index in [1.807, 2.05) is 0 Å². The van der Waals surface area contributed by atoms with Crippen LogP contribution in [0.1, 0.15) is 38.1 Å². The minimum atomic E-state index is -1.22. The van der Waals surface area contributed by atoms with Crippen LogP contribution in [0.2, 0.25) is 0 Å². The summed E-state index contributed by atoms with van der Waals surface area (Å²) in [6.07, 6.45) is 0.805. The second-order valence-corrected chi connectivity index (χ2v) is 7.43.